The van der Waals surface area contributed by atoms with Gasteiger partial charge in [0.25, 0.3) is 5.91 Å². The fourth-order valence-corrected chi connectivity index (χ4v) is 3.53. The number of hydrogen-bond acceptors (Lipinski definition) is 2. The van der Waals surface area contributed by atoms with E-state index >= 15 is 0 Å². The van der Waals surface area contributed by atoms with Crippen molar-refractivity contribution in [1.29, 1.82) is 0 Å². The highest BCUT2D eigenvalue weighted by Crippen LogP contribution is 2.28. The lowest BCUT2D eigenvalue weighted by atomic mass is 10.0. The summed E-state index contributed by atoms with van der Waals surface area (Å²) >= 11 is 0. The van der Waals surface area contributed by atoms with Gasteiger partial charge in [-0.25, -0.2) is 4.79 Å². The summed E-state index contributed by atoms with van der Waals surface area (Å²) in [5, 5.41) is 5.77. The van der Waals surface area contributed by atoms with Gasteiger partial charge in [0.05, 0.1) is 0 Å². The zero-order valence-corrected chi connectivity index (χ0v) is 13.5. The lowest BCUT2D eigenvalue weighted by Crippen LogP contribution is -2.28. The van der Waals surface area contributed by atoms with Gasteiger partial charge in [0.15, 0.2) is 0 Å². The molecule has 0 atom stereocenters. The topological polar surface area (TPSA) is 61.4 Å². The Labute approximate surface area is 137 Å². The zero-order chi connectivity index (χ0) is 16.1. The molecule has 2 fully saturated rings. The zero-order valence-electron chi connectivity index (χ0n) is 13.5. The smallest absolute Gasteiger partial charge is 0.321 e. The molecule has 5 heteroatoms. The number of rotatable bonds is 6. The second-order valence-corrected chi connectivity index (χ2v) is 6.48. The van der Waals surface area contributed by atoms with Gasteiger partial charge in [0.1, 0.15) is 0 Å². The predicted octanol–water partition coefficient (Wildman–Crippen LogP) is 2.92. The summed E-state index contributed by atoms with van der Waals surface area (Å²) in [5.41, 5.74) is 1.39. The van der Waals surface area contributed by atoms with E-state index in [0.29, 0.717) is 18.7 Å². The molecule has 0 unspecified atom stereocenters. The number of anilines is 1. The number of nitrogens with one attached hydrogen (secondary N) is 2. The fraction of sp³-hybridized carbons (Fsp3) is 0.556. The summed E-state index contributed by atoms with van der Waals surface area (Å²) in [6.07, 6.45) is 7.71. The lowest BCUT2D eigenvalue weighted by Gasteiger charge is -2.15. The van der Waals surface area contributed by atoms with Crippen molar-refractivity contribution in [1.82, 2.24) is 10.6 Å². The minimum atomic E-state index is -0.0980. The minimum Gasteiger partial charge on any atom is -0.352 e. The third kappa shape index (κ3) is 4.03. The molecule has 0 bridgehead atoms. The summed E-state index contributed by atoms with van der Waals surface area (Å²) in [6, 6.07) is 7.18. The molecule has 1 aliphatic carbocycles. The number of amides is 3. The molecule has 2 N–H and O–H groups in total. The first-order valence-corrected chi connectivity index (χ1v) is 8.67. The van der Waals surface area contributed by atoms with E-state index in [1.165, 1.54) is 32.1 Å². The second kappa shape index (κ2) is 7.49. The minimum absolute atomic E-state index is 0.0575. The van der Waals surface area contributed by atoms with Crippen molar-refractivity contribution in [3.8, 4) is 0 Å². The van der Waals surface area contributed by atoms with E-state index in [4.69, 9.17) is 0 Å². The van der Waals surface area contributed by atoms with Crippen molar-refractivity contribution in [2.24, 2.45) is 5.92 Å². The van der Waals surface area contributed by atoms with Crippen molar-refractivity contribution in [2.45, 2.75) is 38.5 Å². The Morgan fingerprint density at radius 2 is 2.13 bits per heavy atom. The third-order valence-electron chi connectivity index (χ3n) is 4.83. The fourth-order valence-electron chi connectivity index (χ4n) is 3.53. The quantitative estimate of drug-likeness (QED) is 0.793. The Balaban J connectivity index is 1.49. The van der Waals surface area contributed by atoms with Gasteiger partial charge >= 0.3 is 6.03 Å². The van der Waals surface area contributed by atoms with Gasteiger partial charge in [0, 0.05) is 30.9 Å². The molecule has 1 aromatic rings. The molecule has 1 saturated heterocycles. The summed E-state index contributed by atoms with van der Waals surface area (Å²) in [7, 11) is 0. The molecule has 124 valence electrons. The van der Waals surface area contributed by atoms with Gasteiger partial charge in [0.2, 0.25) is 0 Å². The third-order valence-corrected chi connectivity index (χ3v) is 4.83. The molecule has 2 aliphatic rings. The van der Waals surface area contributed by atoms with Gasteiger partial charge in [-0.2, -0.15) is 0 Å². The summed E-state index contributed by atoms with van der Waals surface area (Å²) in [4.78, 5) is 25.6. The van der Waals surface area contributed by atoms with Crippen LogP contribution < -0.4 is 15.5 Å². The van der Waals surface area contributed by atoms with Crippen LogP contribution in [0.3, 0.4) is 0 Å². The number of nitrogens with zero attached hydrogens (tertiary/aromatic N) is 1. The van der Waals surface area contributed by atoms with Crippen LogP contribution in [-0.2, 0) is 0 Å². The Morgan fingerprint density at radius 1 is 1.30 bits per heavy atom. The average molecular weight is 315 g/mol. The van der Waals surface area contributed by atoms with Crippen molar-refractivity contribution < 1.29 is 9.59 Å². The normalized spacial score (nSPS) is 18.3. The first-order valence-electron chi connectivity index (χ1n) is 8.67. The second-order valence-electron chi connectivity index (χ2n) is 6.48. The molecule has 0 spiro atoms. The Hall–Kier alpha value is -2.04. The van der Waals surface area contributed by atoms with Crippen LogP contribution in [-0.4, -0.2) is 31.6 Å². The van der Waals surface area contributed by atoms with E-state index in [2.05, 4.69) is 10.6 Å². The van der Waals surface area contributed by atoms with Crippen LogP contribution in [0.2, 0.25) is 0 Å². The van der Waals surface area contributed by atoms with Gasteiger partial charge < -0.3 is 10.6 Å². The number of carbonyl (C=O) groups is 2. The number of carbonyl (C=O) groups excluding carboxylic acids is 2. The molecule has 1 aromatic carbocycles. The molecule has 1 heterocycles. The maximum Gasteiger partial charge on any atom is 0.321 e. The number of hydrogen-bond donors (Lipinski definition) is 2. The van der Waals surface area contributed by atoms with Crippen molar-refractivity contribution in [3.63, 3.8) is 0 Å². The van der Waals surface area contributed by atoms with Crippen LogP contribution in [0.5, 0.6) is 0 Å². The Bertz CT molecular complexity index is 567. The molecular formula is C18H25N3O2. The summed E-state index contributed by atoms with van der Waals surface area (Å²) < 4.78 is 0. The van der Waals surface area contributed by atoms with E-state index in [0.717, 1.165) is 24.6 Å². The maximum atomic E-state index is 12.3. The number of urea groups is 1. The average Bonchev–Trinajstić information content (AvgIpc) is 3.23. The predicted molar refractivity (Wildman–Crippen MR) is 90.7 cm³/mol. The molecule has 0 radical (unpaired) electrons. The molecule has 0 aromatic heterocycles. The van der Waals surface area contributed by atoms with Gasteiger partial charge in [-0.15, -0.1) is 0 Å². The van der Waals surface area contributed by atoms with Gasteiger partial charge in [-0.05, 0) is 37.0 Å². The molecule has 5 nitrogen and oxygen atoms in total. The van der Waals surface area contributed by atoms with E-state index in [1.807, 2.05) is 12.1 Å². The first kappa shape index (κ1) is 15.8. The van der Waals surface area contributed by atoms with Crippen molar-refractivity contribution in [2.75, 3.05) is 24.5 Å². The van der Waals surface area contributed by atoms with E-state index < -0.39 is 0 Å². The molecule has 1 aliphatic heterocycles. The van der Waals surface area contributed by atoms with Crippen molar-refractivity contribution >= 4 is 17.6 Å². The summed E-state index contributed by atoms with van der Waals surface area (Å²) in [5.74, 6) is 0.807. The first-order chi connectivity index (χ1) is 11.2. The summed E-state index contributed by atoms with van der Waals surface area (Å²) in [6.45, 7) is 2.02. The van der Waals surface area contributed by atoms with E-state index in [1.54, 1.807) is 17.0 Å². The highest BCUT2D eigenvalue weighted by molar-refractivity contribution is 5.98. The molecule has 1 saturated carbocycles. The van der Waals surface area contributed by atoms with Gasteiger partial charge in [-0.3, -0.25) is 9.69 Å². The largest absolute Gasteiger partial charge is 0.352 e. The molecule has 23 heavy (non-hydrogen) atoms. The van der Waals surface area contributed by atoms with Crippen molar-refractivity contribution in [3.05, 3.63) is 29.8 Å². The Kier molecular flexibility index (Phi) is 5.16. The number of benzene rings is 1. The lowest BCUT2D eigenvalue weighted by molar-refractivity contribution is 0.0952. The maximum absolute atomic E-state index is 12.3. The standard InChI is InChI=1S/C18H25N3O2/c22-17(19-10-4-7-14-5-1-2-6-14)15-8-3-9-16(13-15)21-12-11-20-18(21)23/h3,8-9,13-14H,1-2,4-7,10-12H2,(H,19,22)(H,20,23). The van der Waals surface area contributed by atoms with Crippen LogP contribution >= 0.6 is 0 Å². The Morgan fingerprint density at radius 3 is 2.87 bits per heavy atom. The van der Waals surface area contributed by atoms with Crippen LogP contribution in [0.1, 0.15) is 48.9 Å². The highest BCUT2D eigenvalue weighted by atomic mass is 16.2. The molecule has 3 rings (SSSR count). The van der Waals surface area contributed by atoms with Crippen LogP contribution in [0.4, 0.5) is 10.5 Å². The highest BCUT2D eigenvalue weighted by Gasteiger charge is 2.21. The molecule has 3 amide bonds. The SMILES string of the molecule is O=C(NCCCC1CCCC1)c1cccc(N2CCNC2=O)c1. The van der Waals surface area contributed by atoms with Crippen LogP contribution in [0.15, 0.2) is 24.3 Å². The molecular weight excluding hydrogens is 290 g/mol. The van der Waals surface area contributed by atoms with E-state index in [-0.39, 0.29) is 11.9 Å². The van der Waals surface area contributed by atoms with E-state index in [9.17, 15) is 9.59 Å². The van der Waals surface area contributed by atoms with Crippen LogP contribution in [0.25, 0.3) is 0 Å². The van der Waals surface area contributed by atoms with Gasteiger partial charge in [-0.1, -0.05) is 31.7 Å². The monoisotopic (exact) mass is 315 g/mol. The van der Waals surface area contributed by atoms with Crippen LogP contribution in [0, 0.1) is 5.92 Å².